The zero-order valence-electron chi connectivity index (χ0n) is 11.4. The third-order valence-corrected chi connectivity index (χ3v) is 2.67. The minimum atomic E-state index is -0.215. The maximum atomic E-state index is 11.9. The van der Waals surface area contributed by atoms with Crippen LogP contribution < -0.4 is 15.8 Å². The smallest absolute Gasteiger partial charge is 0.251 e. The Labute approximate surface area is 112 Å². The summed E-state index contributed by atoms with van der Waals surface area (Å²) in [6, 6.07) is 4.89. The summed E-state index contributed by atoms with van der Waals surface area (Å²) < 4.78 is 15.2. The van der Waals surface area contributed by atoms with E-state index >= 15 is 0 Å². The summed E-state index contributed by atoms with van der Waals surface area (Å²) in [5.41, 5.74) is 6.65. The van der Waals surface area contributed by atoms with Crippen molar-refractivity contribution in [2.45, 2.75) is 6.10 Å². The Balaban J connectivity index is 2.60. The molecule has 3 N–H and O–H groups in total. The van der Waals surface area contributed by atoms with Crippen LogP contribution in [0, 0.1) is 0 Å². The number of amides is 1. The van der Waals surface area contributed by atoms with E-state index in [-0.39, 0.29) is 12.0 Å². The van der Waals surface area contributed by atoms with Crippen molar-refractivity contribution in [3.63, 3.8) is 0 Å². The Bertz CT molecular complexity index is 423. The first-order valence-electron chi connectivity index (χ1n) is 5.85. The fourth-order valence-electron chi connectivity index (χ4n) is 1.58. The van der Waals surface area contributed by atoms with Crippen LogP contribution in [-0.2, 0) is 9.47 Å². The van der Waals surface area contributed by atoms with Crippen LogP contribution in [0.15, 0.2) is 18.2 Å². The van der Waals surface area contributed by atoms with Gasteiger partial charge in [0.1, 0.15) is 5.75 Å². The summed E-state index contributed by atoms with van der Waals surface area (Å²) >= 11 is 0. The Morgan fingerprint density at radius 1 is 1.37 bits per heavy atom. The molecule has 6 heteroatoms. The van der Waals surface area contributed by atoms with Crippen LogP contribution in [0.25, 0.3) is 0 Å². The number of nitrogens with one attached hydrogen (secondary N) is 1. The van der Waals surface area contributed by atoms with Crippen LogP contribution in [0.4, 0.5) is 5.69 Å². The number of nitrogen functional groups attached to an aromatic ring is 1. The standard InChI is InChI=1S/C13H20N2O4/c1-17-8-10(18-2)7-15-13(16)9-4-5-12(19-3)11(14)6-9/h4-6,10H,7-8,14H2,1-3H3,(H,15,16). The van der Waals surface area contributed by atoms with Gasteiger partial charge in [0, 0.05) is 26.3 Å². The molecule has 1 aromatic carbocycles. The molecule has 1 unspecified atom stereocenters. The van der Waals surface area contributed by atoms with Crippen molar-refractivity contribution in [2.24, 2.45) is 0 Å². The summed E-state index contributed by atoms with van der Waals surface area (Å²) in [5.74, 6) is 0.332. The normalized spacial score (nSPS) is 11.9. The molecule has 0 aliphatic rings. The van der Waals surface area contributed by atoms with Crippen LogP contribution in [0.5, 0.6) is 5.75 Å². The predicted octanol–water partition coefficient (Wildman–Crippen LogP) is 0.669. The number of anilines is 1. The number of methoxy groups -OCH3 is 3. The monoisotopic (exact) mass is 268 g/mol. The second-order valence-corrected chi connectivity index (χ2v) is 3.98. The third kappa shape index (κ3) is 4.42. The summed E-state index contributed by atoms with van der Waals surface area (Å²) in [7, 11) is 4.68. The first-order valence-corrected chi connectivity index (χ1v) is 5.85. The molecule has 0 radical (unpaired) electrons. The van der Waals surface area contributed by atoms with E-state index in [0.29, 0.717) is 30.2 Å². The lowest BCUT2D eigenvalue weighted by atomic mass is 10.1. The Morgan fingerprint density at radius 3 is 2.63 bits per heavy atom. The second-order valence-electron chi connectivity index (χ2n) is 3.98. The Hall–Kier alpha value is -1.79. The molecule has 6 nitrogen and oxygen atoms in total. The zero-order chi connectivity index (χ0) is 14.3. The molecule has 1 aromatic rings. The molecule has 0 saturated carbocycles. The van der Waals surface area contributed by atoms with Crippen molar-refractivity contribution in [1.82, 2.24) is 5.32 Å². The first kappa shape index (κ1) is 15.3. The maximum absolute atomic E-state index is 11.9. The molecule has 0 heterocycles. The molecule has 0 saturated heterocycles. The van der Waals surface area contributed by atoms with Gasteiger partial charge >= 0.3 is 0 Å². The lowest BCUT2D eigenvalue weighted by molar-refractivity contribution is 0.0285. The first-order chi connectivity index (χ1) is 9.12. The molecule has 106 valence electrons. The van der Waals surface area contributed by atoms with Crippen LogP contribution in [0.2, 0.25) is 0 Å². The number of carbonyl (C=O) groups is 1. The lowest BCUT2D eigenvalue weighted by Crippen LogP contribution is -2.35. The predicted molar refractivity (Wildman–Crippen MR) is 72.4 cm³/mol. The van der Waals surface area contributed by atoms with Crippen LogP contribution in [-0.4, -0.2) is 46.5 Å². The minimum absolute atomic E-state index is 0.176. The molecule has 0 spiro atoms. The van der Waals surface area contributed by atoms with Gasteiger partial charge in [0.15, 0.2) is 0 Å². The van der Waals surface area contributed by atoms with Gasteiger partial charge in [-0.15, -0.1) is 0 Å². The summed E-state index contributed by atoms with van der Waals surface area (Å²) in [5, 5.41) is 2.76. The molecule has 1 amide bonds. The van der Waals surface area contributed by atoms with Crippen molar-refractivity contribution in [1.29, 1.82) is 0 Å². The number of hydrogen-bond acceptors (Lipinski definition) is 5. The Morgan fingerprint density at radius 2 is 2.11 bits per heavy atom. The van der Waals surface area contributed by atoms with Gasteiger partial charge in [0.25, 0.3) is 5.91 Å². The van der Waals surface area contributed by atoms with E-state index in [9.17, 15) is 4.79 Å². The molecular formula is C13H20N2O4. The van der Waals surface area contributed by atoms with Gasteiger partial charge in [0.05, 0.1) is 25.5 Å². The number of carbonyl (C=O) groups excluding carboxylic acids is 1. The van der Waals surface area contributed by atoms with Crippen molar-refractivity contribution in [3.05, 3.63) is 23.8 Å². The third-order valence-electron chi connectivity index (χ3n) is 2.67. The maximum Gasteiger partial charge on any atom is 0.251 e. The molecule has 0 fully saturated rings. The number of rotatable bonds is 7. The summed E-state index contributed by atoms with van der Waals surface area (Å²) in [4.78, 5) is 11.9. The van der Waals surface area contributed by atoms with E-state index in [1.807, 2.05) is 0 Å². The van der Waals surface area contributed by atoms with Gasteiger partial charge in [-0.05, 0) is 18.2 Å². The van der Waals surface area contributed by atoms with Gasteiger partial charge in [-0.2, -0.15) is 0 Å². The largest absolute Gasteiger partial charge is 0.495 e. The number of nitrogens with two attached hydrogens (primary N) is 1. The molecule has 19 heavy (non-hydrogen) atoms. The van der Waals surface area contributed by atoms with Crippen LogP contribution in [0.1, 0.15) is 10.4 Å². The molecule has 0 aromatic heterocycles. The van der Waals surface area contributed by atoms with Crippen molar-refractivity contribution in [3.8, 4) is 5.75 Å². The fraction of sp³-hybridized carbons (Fsp3) is 0.462. The average Bonchev–Trinajstić information content (AvgIpc) is 2.42. The highest BCUT2D eigenvalue weighted by Crippen LogP contribution is 2.21. The highest BCUT2D eigenvalue weighted by Gasteiger charge is 2.12. The highest BCUT2D eigenvalue weighted by molar-refractivity contribution is 5.95. The van der Waals surface area contributed by atoms with Crippen molar-refractivity contribution < 1.29 is 19.0 Å². The number of hydrogen-bond donors (Lipinski definition) is 2. The quantitative estimate of drug-likeness (QED) is 0.710. The Kier molecular flexibility index (Phi) is 6.11. The van der Waals surface area contributed by atoms with Gasteiger partial charge in [-0.25, -0.2) is 0 Å². The van der Waals surface area contributed by atoms with Crippen molar-refractivity contribution >= 4 is 11.6 Å². The lowest BCUT2D eigenvalue weighted by Gasteiger charge is -2.15. The van der Waals surface area contributed by atoms with Gasteiger partial charge < -0.3 is 25.3 Å². The SMILES string of the molecule is COCC(CNC(=O)c1ccc(OC)c(N)c1)OC. The molecule has 0 aliphatic heterocycles. The van der Waals surface area contributed by atoms with Gasteiger partial charge in [0.2, 0.25) is 0 Å². The van der Waals surface area contributed by atoms with E-state index < -0.39 is 0 Å². The highest BCUT2D eigenvalue weighted by atomic mass is 16.5. The van der Waals surface area contributed by atoms with Crippen LogP contribution >= 0.6 is 0 Å². The van der Waals surface area contributed by atoms with E-state index in [2.05, 4.69) is 5.32 Å². The fourth-order valence-corrected chi connectivity index (χ4v) is 1.58. The van der Waals surface area contributed by atoms with E-state index in [0.717, 1.165) is 0 Å². The minimum Gasteiger partial charge on any atom is -0.495 e. The number of ether oxygens (including phenoxy) is 3. The second kappa shape index (κ2) is 7.60. The topological polar surface area (TPSA) is 82.8 Å². The molecule has 0 aliphatic carbocycles. The van der Waals surface area contributed by atoms with Crippen molar-refractivity contribution in [2.75, 3.05) is 40.2 Å². The number of benzene rings is 1. The van der Waals surface area contributed by atoms with E-state index in [1.54, 1.807) is 32.4 Å². The van der Waals surface area contributed by atoms with E-state index in [4.69, 9.17) is 19.9 Å². The van der Waals surface area contributed by atoms with Crippen LogP contribution in [0.3, 0.4) is 0 Å². The van der Waals surface area contributed by atoms with Gasteiger partial charge in [-0.3, -0.25) is 4.79 Å². The van der Waals surface area contributed by atoms with Gasteiger partial charge in [-0.1, -0.05) is 0 Å². The molecule has 0 bridgehead atoms. The average molecular weight is 268 g/mol. The summed E-state index contributed by atoms with van der Waals surface area (Å²) in [6.45, 7) is 0.788. The zero-order valence-corrected chi connectivity index (χ0v) is 11.4. The summed E-state index contributed by atoms with van der Waals surface area (Å²) in [6.07, 6.45) is -0.176. The molecule has 1 atom stereocenters. The molecule has 1 rings (SSSR count). The molecular weight excluding hydrogens is 248 g/mol. The van der Waals surface area contributed by atoms with E-state index in [1.165, 1.54) is 7.11 Å².